The van der Waals surface area contributed by atoms with Gasteiger partial charge in [-0.3, -0.25) is 14.3 Å². The van der Waals surface area contributed by atoms with E-state index in [1.807, 2.05) is 44.2 Å². The first-order chi connectivity index (χ1) is 10.5. The van der Waals surface area contributed by atoms with Crippen LogP contribution in [0.1, 0.15) is 30.9 Å². The molecule has 0 atom stereocenters. The van der Waals surface area contributed by atoms with E-state index in [2.05, 4.69) is 4.98 Å². The molecule has 5 nitrogen and oxygen atoms in total. The van der Waals surface area contributed by atoms with E-state index in [4.69, 9.17) is 16.3 Å². The fourth-order valence-electron chi connectivity index (χ4n) is 2.17. The summed E-state index contributed by atoms with van der Waals surface area (Å²) in [5, 5.41) is 0.142. The number of hydrogen-bond donors (Lipinski definition) is 1. The Morgan fingerprint density at radius 3 is 2.55 bits per heavy atom. The third-order valence-electron chi connectivity index (χ3n) is 3.35. The van der Waals surface area contributed by atoms with E-state index in [0.29, 0.717) is 12.2 Å². The molecule has 0 saturated carbocycles. The van der Waals surface area contributed by atoms with Crippen LogP contribution < -0.4 is 11.2 Å². The molecule has 0 aliphatic carbocycles. The van der Waals surface area contributed by atoms with Crippen LogP contribution in [0, 0.1) is 0 Å². The first-order valence-corrected chi connectivity index (χ1v) is 7.52. The van der Waals surface area contributed by atoms with Gasteiger partial charge in [0, 0.05) is 0 Å². The summed E-state index contributed by atoms with van der Waals surface area (Å²) in [6.45, 7) is 4.17. The Kier molecular flexibility index (Phi) is 5.57. The Labute approximate surface area is 133 Å². The van der Waals surface area contributed by atoms with Gasteiger partial charge in [-0.05, 0) is 17.9 Å². The lowest BCUT2D eigenvalue weighted by atomic mass is 10.1. The normalized spacial score (nSPS) is 11.1. The molecule has 1 N–H and O–H groups in total. The first-order valence-electron chi connectivity index (χ1n) is 7.15. The molecule has 0 amide bonds. The van der Waals surface area contributed by atoms with E-state index in [-0.39, 0.29) is 17.8 Å². The summed E-state index contributed by atoms with van der Waals surface area (Å²) < 4.78 is 6.76. The van der Waals surface area contributed by atoms with Gasteiger partial charge in [-0.1, -0.05) is 55.8 Å². The van der Waals surface area contributed by atoms with Crippen LogP contribution in [-0.4, -0.2) is 16.2 Å². The molecule has 0 aliphatic heterocycles. The summed E-state index contributed by atoms with van der Waals surface area (Å²) in [6.07, 6.45) is 0.744. The monoisotopic (exact) mass is 322 g/mol. The second kappa shape index (κ2) is 7.42. The summed E-state index contributed by atoms with van der Waals surface area (Å²) in [5.41, 5.74) is 0.558. The number of hydrogen-bond acceptors (Lipinski definition) is 3. The topological polar surface area (TPSA) is 64.1 Å². The lowest BCUT2D eigenvalue weighted by molar-refractivity contribution is 0.0760. The largest absolute Gasteiger partial charge is 0.360 e. The van der Waals surface area contributed by atoms with E-state index in [1.54, 1.807) is 0 Å². The minimum absolute atomic E-state index is 0.0149. The number of aromatic amines is 1. The summed E-state index contributed by atoms with van der Waals surface area (Å²) in [7, 11) is 0. The van der Waals surface area contributed by atoms with Gasteiger partial charge in [-0.15, -0.1) is 0 Å². The average molecular weight is 323 g/mol. The number of ether oxygens (including phenoxy) is 1. The van der Waals surface area contributed by atoms with E-state index in [9.17, 15) is 9.59 Å². The molecule has 0 bridgehead atoms. The summed E-state index contributed by atoms with van der Waals surface area (Å²) in [5.74, 6) is -0.0765. The summed E-state index contributed by atoms with van der Waals surface area (Å²) in [4.78, 5) is 25.9. The van der Waals surface area contributed by atoms with Crippen LogP contribution >= 0.6 is 11.6 Å². The lowest BCUT2D eigenvalue weighted by Gasteiger charge is -2.13. The molecule has 118 valence electrons. The number of benzene rings is 1. The van der Waals surface area contributed by atoms with Crippen molar-refractivity contribution >= 4 is 11.6 Å². The van der Waals surface area contributed by atoms with E-state index >= 15 is 0 Å². The number of nitrogens with one attached hydrogen (secondary N) is 1. The third-order valence-corrected chi connectivity index (χ3v) is 3.75. The van der Waals surface area contributed by atoms with Gasteiger partial charge in [0.2, 0.25) is 0 Å². The Hall–Kier alpha value is -1.85. The lowest BCUT2D eigenvalue weighted by Crippen LogP contribution is -2.34. The standard InChI is InChI=1S/C16H19ClN2O3/c1-11(2)13-14(17)19(16(21)18-15(13)20)10-22-9-8-12-6-4-3-5-7-12/h3-7,11H,8-10H2,1-2H3,(H,18,20,21). The molecule has 22 heavy (non-hydrogen) atoms. The molecular weight excluding hydrogens is 304 g/mol. The molecule has 1 aromatic carbocycles. The maximum atomic E-state index is 11.8. The second-order valence-electron chi connectivity index (χ2n) is 5.32. The van der Waals surface area contributed by atoms with Gasteiger partial charge in [0.15, 0.2) is 0 Å². The molecule has 0 aliphatic rings. The van der Waals surface area contributed by atoms with Gasteiger partial charge >= 0.3 is 5.69 Å². The van der Waals surface area contributed by atoms with Crippen molar-refractivity contribution in [3.63, 3.8) is 0 Å². The van der Waals surface area contributed by atoms with Gasteiger partial charge in [-0.2, -0.15) is 0 Å². The zero-order chi connectivity index (χ0) is 16.1. The molecule has 0 spiro atoms. The van der Waals surface area contributed by atoms with Crippen molar-refractivity contribution in [2.24, 2.45) is 0 Å². The third kappa shape index (κ3) is 3.87. The smallest absolute Gasteiger partial charge is 0.331 e. The number of halogens is 1. The van der Waals surface area contributed by atoms with Gasteiger partial charge < -0.3 is 4.74 Å². The summed E-state index contributed by atoms with van der Waals surface area (Å²) in [6, 6.07) is 9.91. The van der Waals surface area contributed by atoms with Gasteiger partial charge in [0.1, 0.15) is 11.9 Å². The van der Waals surface area contributed by atoms with Crippen LogP contribution in [-0.2, 0) is 17.9 Å². The fraction of sp³-hybridized carbons (Fsp3) is 0.375. The van der Waals surface area contributed by atoms with Crippen LogP contribution in [0.2, 0.25) is 5.15 Å². The van der Waals surface area contributed by atoms with Crippen molar-refractivity contribution in [2.45, 2.75) is 32.9 Å². The molecule has 0 unspecified atom stereocenters. The van der Waals surface area contributed by atoms with Crippen LogP contribution in [0.3, 0.4) is 0 Å². The number of nitrogens with zero attached hydrogens (tertiary/aromatic N) is 1. The SMILES string of the molecule is CC(C)c1c(Cl)n(COCCc2ccccc2)c(=O)[nH]c1=O. The van der Waals surface area contributed by atoms with Crippen molar-refractivity contribution in [1.29, 1.82) is 0 Å². The highest BCUT2D eigenvalue weighted by atomic mass is 35.5. The predicted octanol–water partition coefficient (Wildman–Crippen LogP) is 2.53. The maximum absolute atomic E-state index is 11.8. The minimum Gasteiger partial charge on any atom is -0.360 e. The Balaban J connectivity index is 2.05. The summed E-state index contributed by atoms with van der Waals surface area (Å²) >= 11 is 6.17. The van der Waals surface area contributed by atoms with Crippen LogP contribution in [0.15, 0.2) is 39.9 Å². The van der Waals surface area contributed by atoms with Gasteiger partial charge in [0.25, 0.3) is 5.56 Å². The van der Waals surface area contributed by atoms with Crippen molar-refractivity contribution in [3.05, 3.63) is 67.4 Å². The van der Waals surface area contributed by atoms with Gasteiger partial charge in [0.05, 0.1) is 12.2 Å². The van der Waals surface area contributed by atoms with E-state index < -0.39 is 11.2 Å². The van der Waals surface area contributed by atoms with Crippen molar-refractivity contribution in [1.82, 2.24) is 9.55 Å². The fourth-order valence-corrected chi connectivity index (χ4v) is 2.60. The molecule has 0 fully saturated rings. The van der Waals surface area contributed by atoms with Gasteiger partial charge in [-0.25, -0.2) is 4.79 Å². The van der Waals surface area contributed by atoms with Crippen molar-refractivity contribution in [2.75, 3.05) is 6.61 Å². The van der Waals surface area contributed by atoms with Crippen LogP contribution in [0.5, 0.6) is 0 Å². The highest BCUT2D eigenvalue weighted by Gasteiger charge is 2.15. The Morgan fingerprint density at radius 1 is 1.23 bits per heavy atom. The highest BCUT2D eigenvalue weighted by molar-refractivity contribution is 6.30. The molecule has 2 rings (SSSR count). The molecule has 0 saturated heterocycles. The minimum atomic E-state index is -0.556. The number of aromatic nitrogens is 2. The average Bonchev–Trinajstić information content (AvgIpc) is 2.46. The highest BCUT2D eigenvalue weighted by Crippen LogP contribution is 2.18. The molecule has 2 aromatic rings. The molecular formula is C16H19ClN2O3. The van der Waals surface area contributed by atoms with E-state index in [0.717, 1.165) is 12.0 Å². The number of rotatable bonds is 6. The Morgan fingerprint density at radius 2 is 1.91 bits per heavy atom. The molecule has 0 radical (unpaired) electrons. The number of H-pyrrole nitrogens is 1. The van der Waals surface area contributed by atoms with E-state index in [1.165, 1.54) is 4.57 Å². The zero-order valence-corrected chi connectivity index (χ0v) is 13.4. The molecule has 1 heterocycles. The van der Waals surface area contributed by atoms with Crippen molar-refractivity contribution in [3.8, 4) is 0 Å². The van der Waals surface area contributed by atoms with Crippen LogP contribution in [0.25, 0.3) is 0 Å². The quantitative estimate of drug-likeness (QED) is 0.656. The van der Waals surface area contributed by atoms with Crippen LogP contribution in [0.4, 0.5) is 0 Å². The second-order valence-corrected chi connectivity index (χ2v) is 5.68. The zero-order valence-electron chi connectivity index (χ0n) is 12.6. The van der Waals surface area contributed by atoms with Crippen molar-refractivity contribution < 1.29 is 4.74 Å². The molecule has 1 aromatic heterocycles. The maximum Gasteiger partial charge on any atom is 0.331 e. The first kappa shape index (κ1) is 16.5. The Bertz CT molecular complexity index is 735. The molecule has 6 heteroatoms. The predicted molar refractivity (Wildman–Crippen MR) is 86.5 cm³/mol.